The number of fused-ring (bicyclic) bond motifs is 1. The molecule has 2 aromatic rings. The number of H-pyrrole nitrogens is 1. The molecule has 0 aliphatic carbocycles. The third kappa shape index (κ3) is 2.58. The molecule has 1 aromatic heterocycles. The smallest absolute Gasteiger partial charge is 0.350 e. The summed E-state index contributed by atoms with van der Waals surface area (Å²) < 4.78 is 9.97. The van der Waals surface area contributed by atoms with E-state index in [4.69, 9.17) is 9.47 Å². The summed E-state index contributed by atoms with van der Waals surface area (Å²) >= 11 is 0. The lowest BCUT2D eigenvalue weighted by Crippen LogP contribution is -2.42. The quantitative estimate of drug-likeness (QED) is 0.496. The first kappa shape index (κ1) is 13.2. The predicted octanol–water partition coefficient (Wildman–Crippen LogP) is 1.69. The van der Waals surface area contributed by atoms with E-state index in [1.54, 1.807) is 0 Å². The Hall–Kier alpha value is -2.83. The normalized spacial score (nSPS) is 17.3. The first-order chi connectivity index (χ1) is 9.94. The molecular formula is C14H13N3O4. The Balaban J connectivity index is 1.82. The van der Waals surface area contributed by atoms with Crippen LogP contribution in [0.1, 0.15) is 13.8 Å². The lowest BCUT2D eigenvalue weighted by atomic mass is 10.2. The molecule has 0 saturated carbocycles. The van der Waals surface area contributed by atoms with Gasteiger partial charge in [0.25, 0.3) is 5.79 Å². The number of benzene rings is 1. The van der Waals surface area contributed by atoms with Gasteiger partial charge in [0.1, 0.15) is 0 Å². The van der Waals surface area contributed by atoms with Crippen molar-refractivity contribution in [3.63, 3.8) is 0 Å². The SMILES string of the molecule is CC1(C)OC(=O)C(=CNc2nc3ccccc3[nH]2)C(=O)O1. The van der Waals surface area contributed by atoms with E-state index in [1.165, 1.54) is 20.0 Å². The molecule has 0 bridgehead atoms. The van der Waals surface area contributed by atoms with Crippen LogP contribution in [0.25, 0.3) is 11.0 Å². The molecule has 7 nitrogen and oxygen atoms in total. The van der Waals surface area contributed by atoms with Gasteiger partial charge in [0.2, 0.25) is 5.95 Å². The van der Waals surface area contributed by atoms with Crippen LogP contribution in [0.4, 0.5) is 5.95 Å². The zero-order valence-electron chi connectivity index (χ0n) is 11.5. The van der Waals surface area contributed by atoms with E-state index in [0.717, 1.165) is 11.0 Å². The third-order valence-corrected chi connectivity index (χ3v) is 2.86. The molecule has 0 atom stereocenters. The van der Waals surface area contributed by atoms with Crippen LogP contribution < -0.4 is 5.32 Å². The number of cyclic esters (lactones) is 2. The lowest BCUT2D eigenvalue weighted by molar-refractivity contribution is -0.222. The molecule has 1 aliphatic heterocycles. The van der Waals surface area contributed by atoms with Crippen LogP contribution in [0.2, 0.25) is 0 Å². The minimum Gasteiger partial charge on any atom is -0.419 e. The van der Waals surface area contributed by atoms with E-state index < -0.39 is 17.7 Å². The fourth-order valence-corrected chi connectivity index (χ4v) is 1.94. The molecule has 7 heteroatoms. The van der Waals surface area contributed by atoms with Crippen molar-refractivity contribution < 1.29 is 19.1 Å². The highest BCUT2D eigenvalue weighted by atomic mass is 16.7. The first-order valence-electron chi connectivity index (χ1n) is 6.33. The van der Waals surface area contributed by atoms with Crippen molar-refractivity contribution in [2.75, 3.05) is 5.32 Å². The van der Waals surface area contributed by atoms with Crippen LogP contribution in [0.15, 0.2) is 36.0 Å². The summed E-state index contributed by atoms with van der Waals surface area (Å²) in [7, 11) is 0. The van der Waals surface area contributed by atoms with Gasteiger partial charge in [-0.1, -0.05) is 12.1 Å². The zero-order chi connectivity index (χ0) is 15.0. The van der Waals surface area contributed by atoms with Gasteiger partial charge in [0.15, 0.2) is 5.57 Å². The summed E-state index contributed by atoms with van der Waals surface area (Å²) in [4.78, 5) is 30.8. The van der Waals surface area contributed by atoms with E-state index >= 15 is 0 Å². The van der Waals surface area contributed by atoms with Crippen LogP contribution >= 0.6 is 0 Å². The Morgan fingerprint density at radius 2 is 1.86 bits per heavy atom. The summed E-state index contributed by atoms with van der Waals surface area (Å²) in [5, 5.41) is 2.76. The molecule has 0 radical (unpaired) electrons. The van der Waals surface area contributed by atoms with Crippen molar-refractivity contribution in [2.45, 2.75) is 19.6 Å². The summed E-state index contributed by atoms with van der Waals surface area (Å²) in [6, 6.07) is 7.45. The molecule has 0 amide bonds. The van der Waals surface area contributed by atoms with Crippen molar-refractivity contribution >= 4 is 28.9 Å². The third-order valence-electron chi connectivity index (χ3n) is 2.86. The van der Waals surface area contributed by atoms with Gasteiger partial charge in [-0.2, -0.15) is 0 Å². The maximum Gasteiger partial charge on any atom is 0.350 e. The van der Waals surface area contributed by atoms with Crippen molar-refractivity contribution in [1.29, 1.82) is 0 Å². The van der Waals surface area contributed by atoms with Crippen LogP contribution in [0.3, 0.4) is 0 Å². The zero-order valence-corrected chi connectivity index (χ0v) is 11.5. The number of rotatable bonds is 2. The minimum absolute atomic E-state index is 0.213. The van der Waals surface area contributed by atoms with Gasteiger partial charge in [-0.05, 0) is 12.1 Å². The summed E-state index contributed by atoms with van der Waals surface area (Å²) in [5.41, 5.74) is 1.40. The number of hydrogen-bond acceptors (Lipinski definition) is 6. The molecule has 3 rings (SSSR count). The molecule has 1 aromatic carbocycles. The van der Waals surface area contributed by atoms with E-state index in [9.17, 15) is 9.59 Å². The average Bonchev–Trinajstić information content (AvgIpc) is 2.78. The molecule has 108 valence electrons. The Morgan fingerprint density at radius 3 is 2.52 bits per heavy atom. The summed E-state index contributed by atoms with van der Waals surface area (Å²) in [5.74, 6) is -2.31. The lowest BCUT2D eigenvalue weighted by Gasteiger charge is -2.29. The second kappa shape index (κ2) is 4.62. The van der Waals surface area contributed by atoms with Crippen molar-refractivity contribution in [3.05, 3.63) is 36.0 Å². The van der Waals surface area contributed by atoms with Gasteiger partial charge in [0, 0.05) is 20.0 Å². The average molecular weight is 287 g/mol. The van der Waals surface area contributed by atoms with Crippen LogP contribution in [-0.4, -0.2) is 27.7 Å². The summed E-state index contributed by atoms with van der Waals surface area (Å²) in [6.07, 6.45) is 1.22. The molecule has 2 N–H and O–H groups in total. The number of carbonyl (C=O) groups is 2. The van der Waals surface area contributed by atoms with Crippen LogP contribution in [0, 0.1) is 0 Å². The largest absolute Gasteiger partial charge is 0.419 e. The molecule has 2 heterocycles. The maximum atomic E-state index is 11.8. The second-order valence-electron chi connectivity index (χ2n) is 4.98. The number of nitrogens with one attached hydrogen (secondary N) is 2. The number of ether oxygens (including phenoxy) is 2. The number of aromatic nitrogens is 2. The number of imidazole rings is 1. The highest BCUT2D eigenvalue weighted by Gasteiger charge is 2.38. The van der Waals surface area contributed by atoms with Gasteiger partial charge < -0.3 is 19.8 Å². The van der Waals surface area contributed by atoms with E-state index in [1.807, 2.05) is 24.3 Å². The Kier molecular flexibility index (Phi) is 2.90. The van der Waals surface area contributed by atoms with Crippen molar-refractivity contribution in [1.82, 2.24) is 9.97 Å². The number of nitrogens with zero attached hydrogens (tertiary/aromatic N) is 1. The number of para-hydroxylation sites is 2. The fourth-order valence-electron chi connectivity index (χ4n) is 1.94. The molecule has 1 fully saturated rings. The predicted molar refractivity (Wildman–Crippen MR) is 74.1 cm³/mol. The highest BCUT2D eigenvalue weighted by Crippen LogP contribution is 2.22. The maximum absolute atomic E-state index is 11.8. The Morgan fingerprint density at radius 1 is 1.19 bits per heavy atom. The van der Waals surface area contributed by atoms with Crippen LogP contribution in [-0.2, 0) is 19.1 Å². The first-order valence-corrected chi connectivity index (χ1v) is 6.33. The van der Waals surface area contributed by atoms with E-state index in [0.29, 0.717) is 5.95 Å². The minimum atomic E-state index is -1.25. The topological polar surface area (TPSA) is 93.3 Å². The van der Waals surface area contributed by atoms with Crippen molar-refractivity contribution in [2.24, 2.45) is 0 Å². The van der Waals surface area contributed by atoms with Crippen LogP contribution in [0.5, 0.6) is 0 Å². The number of aromatic amines is 1. The molecule has 21 heavy (non-hydrogen) atoms. The molecule has 0 spiro atoms. The van der Waals surface area contributed by atoms with Gasteiger partial charge in [-0.25, -0.2) is 14.6 Å². The van der Waals surface area contributed by atoms with Gasteiger partial charge in [-0.3, -0.25) is 0 Å². The molecule has 0 unspecified atom stereocenters. The number of hydrogen-bond donors (Lipinski definition) is 2. The molecular weight excluding hydrogens is 274 g/mol. The Bertz CT molecular complexity index is 705. The number of anilines is 1. The number of carbonyl (C=O) groups excluding carboxylic acids is 2. The van der Waals surface area contributed by atoms with Gasteiger partial charge in [0.05, 0.1) is 11.0 Å². The van der Waals surface area contributed by atoms with Crippen molar-refractivity contribution in [3.8, 4) is 0 Å². The number of esters is 2. The molecule has 1 aliphatic rings. The summed E-state index contributed by atoms with van der Waals surface area (Å²) in [6.45, 7) is 2.98. The van der Waals surface area contributed by atoms with Gasteiger partial charge in [-0.15, -0.1) is 0 Å². The molecule has 1 saturated heterocycles. The van der Waals surface area contributed by atoms with Gasteiger partial charge >= 0.3 is 11.9 Å². The van der Waals surface area contributed by atoms with E-state index in [2.05, 4.69) is 15.3 Å². The van der Waals surface area contributed by atoms with E-state index in [-0.39, 0.29) is 5.57 Å². The second-order valence-corrected chi connectivity index (χ2v) is 4.98. The standard InChI is InChI=1S/C14H13N3O4/c1-14(2)20-11(18)8(12(19)21-14)7-15-13-16-9-5-3-4-6-10(9)17-13/h3-7H,1-2H3,(H2,15,16,17). The Labute approximate surface area is 120 Å². The monoisotopic (exact) mass is 287 g/mol. The fraction of sp³-hybridized carbons (Fsp3) is 0.214. The highest BCUT2D eigenvalue weighted by molar-refractivity contribution is 6.15.